The highest BCUT2D eigenvalue weighted by Gasteiger charge is 2.45. The monoisotopic (exact) mass is 172 g/mol. The van der Waals surface area contributed by atoms with Gasteiger partial charge in [-0.15, -0.1) is 0 Å². The number of methoxy groups -OCH3 is 3. The molecule has 0 aromatic heterocycles. The maximum Gasteiger partial charge on any atom is 0.338 e. The van der Waals surface area contributed by atoms with Gasteiger partial charge in [0.2, 0.25) is 5.79 Å². The van der Waals surface area contributed by atoms with Crippen LogP contribution in [0.4, 0.5) is 0 Å². The van der Waals surface area contributed by atoms with E-state index in [-0.39, 0.29) is 0 Å². The van der Waals surface area contributed by atoms with Gasteiger partial charge in [0.05, 0.1) is 12.7 Å². The zero-order chi connectivity index (χ0) is 9.19. The highest BCUT2D eigenvalue weighted by Crippen LogP contribution is 2.36. The summed E-state index contributed by atoms with van der Waals surface area (Å²) >= 11 is 0. The Hall–Kier alpha value is -0.870. The van der Waals surface area contributed by atoms with Crippen LogP contribution in [0.3, 0.4) is 0 Å². The number of hydrogen-bond acceptors (Lipinski definition) is 4. The summed E-state index contributed by atoms with van der Waals surface area (Å²) < 4.78 is 14.7. The minimum atomic E-state index is -0.868. The smallest absolute Gasteiger partial charge is 0.338 e. The molecule has 0 saturated heterocycles. The Balaban J connectivity index is 2.75. The topological polar surface area (TPSA) is 44.8 Å². The molecular weight excluding hydrogens is 160 g/mol. The first kappa shape index (κ1) is 9.22. The van der Waals surface area contributed by atoms with E-state index in [2.05, 4.69) is 4.74 Å². The van der Waals surface area contributed by atoms with Crippen LogP contribution < -0.4 is 0 Å². The van der Waals surface area contributed by atoms with E-state index in [0.717, 1.165) is 0 Å². The van der Waals surface area contributed by atoms with E-state index in [1.807, 2.05) is 0 Å². The van der Waals surface area contributed by atoms with E-state index in [1.165, 1.54) is 21.3 Å². The first-order valence-corrected chi connectivity index (χ1v) is 3.59. The molecule has 4 nitrogen and oxygen atoms in total. The highest BCUT2D eigenvalue weighted by atomic mass is 16.7. The van der Waals surface area contributed by atoms with Gasteiger partial charge in [0, 0.05) is 20.6 Å². The Kier molecular flexibility index (Phi) is 2.49. The molecule has 0 saturated carbocycles. The molecule has 0 N–H and O–H groups in total. The molecular formula is C8H12O4. The van der Waals surface area contributed by atoms with Crippen molar-refractivity contribution in [3.05, 3.63) is 11.6 Å². The normalized spacial score (nSPS) is 19.4. The Bertz CT molecular complexity index is 215. The molecule has 0 amide bonds. The second-order valence-electron chi connectivity index (χ2n) is 2.47. The number of rotatable bonds is 3. The van der Waals surface area contributed by atoms with E-state index < -0.39 is 11.8 Å². The van der Waals surface area contributed by atoms with Gasteiger partial charge in [0.15, 0.2) is 0 Å². The number of esters is 1. The summed E-state index contributed by atoms with van der Waals surface area (Å²) in [7, 11) is 4.33. The summed E-state index contributed by atoms with van der Waals surface area (Å²) in [5.41, 5.74) is 0.440. The predicted octanol–water partition coefficient (Wildman–Crippen LogP) is 0.479. The molecule has 0 atom stereocenters. The number of carbonyl (C=O) groups is 1. The Labute approximate surface area is 71.1 Å². The zero-order valence-corrected chi connectivity index (χ0v) is 7.42. The Morgan fingerprint density at radius 1 is 1.42 bits per heavy atom. The van der Waals surface area contributed by atoms with Crippen LogP contribution in [0.15, 0.2) is 11.6 Å². The van der Waals surface area contributed by atoms with Crippen molar-refractivity contribution in [1.29, 1.82) is 0 Å². The zero-order valence-electron chi connectivity index (χ0n) is 7.42. The largest absolute Gasteiger partial charge is 0.466 e. The van der Waals surface area contributed by atoms with Crippen molar-refractivity contribution < 1.29 is 19.0 Å². The lowest BCUT2D eigenvalue weighted by Crippen LogP contribution is -2.44. The summed E-state index contributed by atoms with van der Waals surface area (Å²) in [5.74, 6) is -1.27. The van der Waals surface area contributed by atoms with Crippen LogP contribution in [0, 0.1) is 0 Å². The Morgan fingerprint density at radius 3 is 2.25 bits per heavy atom. The lowest BCUT2D eigenvalue weighted by molar-refractivity contribution is -0.196. The molecule has 0 fully saturated rings. The van der Waals surface area contributed by atoms with E-state index in [9.17, 15) is 4.79 Å². The van der Waals surface area contributed by atoms with E-state index in [0.29, 0.717) is 12.0 Å². The van der Waals surface area contributed by atoms with Crippen LogP contribution in [-0.2, 0) is 19.0 Å². The van der Waals surface area contributed by atoms with Gasteiger partial charge in [-0.25, -0.2) is 4.79 Å². The quantitative estimate of drug-likeness (QED) is 0.458. The lowest BCUT2D eigenvalue weighted by atomic mass is 9.90. The molecule has 0 unspecified atom stereocenters. The summed E-state index contributed by atoms with van der Waals surface area (Å²) in [5, 5.41) is 0. The molecule has 0 aromatic carbocycles. The van der Waals surface area contributed by atoms with Crippen molar-refractivity contribution in [2.45, 2.75) is 12.2 Å². The van der Waals surface area contributed by atoms with Crippen LogP contribution in [0.25, 0.3) is 0 Å². The van der Waals surface area contributed by atoms with Gasteiger partial charge in [-0.3, -0.25) is 0 Å². The van der Waals surface area contributed by atoms with E-state index >= 15 is 0 Å². The molecule has 4 heteroatoms. The second kappa shape index (κ2) is 3.25. The van der Waals surface area contributed by atoms with Gasteiger partial charge in [0.1, 0.15) is 0 Å². The molecule has 1 aliphatic rings. The molecule has 0 radical (unpaired) electrons. The van der Waals surface area contributed by atoms with Gasteiger partial charge >= 0.3 is 5.97 Å². The minimum absolute atomic E-state index is 0.398. The first-order chi connectivity index (χ1) is 5.70. The summed E-state index contributed by atoms with van der Waals surface area (Å²) in [6.07, 6.45) is 2.32. The number of ether oxygens (including phenoxy) is 3. The third kappa shape index (κ3) is 1.13. The average molecular weight is 172 g/mol. The molecule has 0 spiro atoms. The van der Waals surface area contributed by atoms with Crippen molar-refractivity contribution >= 4 is 5.97 Å². The van der Waals surface area contributed by atoms with Crippen molar-refractivity contribution in [1.82, 2.24) is 0 Å². The summed E-state index contributed by atoms with van der Waals surface area (Å²) in [6, 6.07) is 0. The molecule has 0 aromatic rings. The maximum absolute atomic E-state index is 11.1. The van der Waals surface area contributed by atoms with Crippen molar-refractivity contribution in [3.63, 3.8) is 0 Å². The molecule has 68 valence electrons. The second-order valence-corrected chi connectivity index (χ2v) is 2.47. The standard InChI is InChI=1S/C8H12O4/c1-10-7(9)6-4-5-8(6,11-2)12-3/h4H,5H2,1-3H3. The SMILES string of the molecule is COC(=O)C1=CCC1(OC)OC. The third-order valence-corrected chi connectivity index (χ3v) is 2.05. The molecule has 1 rings (SSSR count). The maximum atomic E-state index is 11.1. The van der Waals surface area contributed by atoms with Crippen LogP contribution in [0.1, 0.15) is 6.42 Å². The number of carbonyl (C=O) groups excluding carboxylic acids is 1. The molecule has 0 heterocycles. The minimum Gasteiger partial charge on any atom is -0.466 e. The molecule has 1 aliphatic carbocycles. The van der Waals surface area contributed by atoms with Crippen molar-refractivity contribution in [2.75, 3.05) is 21.3 Å². The van der Waals surface area contributed by atoms with Gasteiger partial charge in [0.25, 0.3) is 0 Å². The van der Waals surface area contributed by atoms with Gasteiger partial charge in [-0.05, 0) is 0 Å². The fourth-order valence-electron chi connectivity index (χ4n) is 1.19. The summed E-state index contributed by atoms with van der Waals surface area (Å²) in [4.78, 5) is 11.1. The first-order valence-electron chi connectivity index (χ1n) is 3.59. The van der Waals surface area contributed by atoms with Crippen LogP contribution in [0.5, 0.6) is 0 Å². The van der Waals surface area contributed by atoms with E-state index in [1.54, 1.807) is 6.08 Å². The van der Waals surface area contributed by atoms with Crippen LogP contribution in [-0.4, -0.2) is 33.1 Å². The molecule has 12 heavy (non-hydrogen) atoms. The Morgan fingerprint density at radius 2 is 2.00 bits per heavy atom. The average Bonchev–Trinajstić information content (AvgIpc) is 2.05. The fourth-order valence-corrected chi connectivity index (χ4v) is 1.19. The third-order valence-electron chi connectivity index (χ3n) is 2.05. The molecule has 0 aliphatic heterocycles. The van der Waals surface area contributed by atoms with Crippen LogP contribution in [0.2, 0.25) is 0 Å². The van der Waals surface area contributed by atoms with E-state index in [4.69, 9.17) is 9.47 Å². The van der Waals surface area contributed by atoms with Crippen LogP contribution >= 0.6 is 0 Å². The van der Waals surface area contributed by atoms with Gasteiger partial charge < -0.3 is 14.2 Å². The van der Waals surface area contributed by atoms with Crippen molar-refractivity contribution in [2.24, 2.45) is 0 Å². The lowest BCUT2D eigenvalue weighted by Gasteiger charge is -2.37. The van der Waals surface area contributed by atoms with Crippen molar-refractivity contribution in [3.8, 4) is 0 Å². The molecule has 0 bridgehead atoms. The van der Waals surface area contributed by atoms with Gasteiger partial charge in [-0.2, -0.15) is 0 Å². The fraction of sp³-hybridized carbons (Fsp3) is 0.625. The van der Waals surface area contributed by atoms with Gasteiger partial charge in [-0.1, -0.05) is 6.08 Å². The predicted molar refractivity (Wildman–Crippen MR) is 41.5 cm³/mol. The highest BCUT2D eigenvalue weighted by molar-refractivity contribution is 5.92. The number of hydrogen-bond donors (Lipinski definition) is 0. The summed E-state index contributed by atoms with van der Waals surface area (Å²) in [6.45, 7) is 0.